The summed E-state index contributed by atoms with van der Waals surface area (Å²) >= 11 is 0. The SMILES string of the molecule is OC1CCCNC1c1cn2ccnc2o1. The molecule has 2 atom stereocenters. The average Bonchev–Trinajstić information content (AvgIpc) is 2.77. The van der Waals surface area contributed by atoms with Crippen molar-refractivity contribution in [1.82, 2.24) is 14.7 Å². The van der Waals surface area contributed by atoms with Crippen molar-refractivity contribution in [2.75, 3.05) is 6.54 Å². The van der Waals surface area contributed by atoms with Crippen LogP contribution in [0.5, 0.6) is 0 Å². The molecule has 2 unspecified atom stereocenters. The molecular weight excluding hydrogens is 194 g/mol. The van der Waals surface area contributed by atoms with Gasteiger partial charge in [0.05, 0.1) is 18.3 Å². The molecule has 1 saturated heterocycles. The lowest BCUT2D eigenvalue weighted by Crippen LogP contribution is -2.37. The van der Waals surface area contributed by atoms with Crippen molar-refractivity contribution in [3.63, 3.8) is 0 Å². The van der Waals surface area contributed by atoms with Crippen molar-refractivity contribution in [2.24, 2.45) is 0 Å². The summed E-state index contributed by atoms with van der Waals surface area (Å²) in [5.74, 6) is 1.33. The number of imidazole rings is 1. The quantitative estimate of drug-likeness (QED) is 0.723. The molecule has 0 radical (unpaired) electrons. The molecule has 2 aromatic rings. The molecule has 1 aliphatic rings. The van der Waals surface area contributed by atoms with Gasteiger partial charge in [-0.1, -0.05) is 0 Å². The van der Waals surface area contributed by atoms with E-state index in [-0.39, 0.29) is 12.1 Å². The first kappa shape index (κ1) is 8.94. The van der Waals surface area contributed by atoms with Gasteiger partial charge in [-0.2, -0.15) is 0 Å². The number of hydrogen-bond donors (Lipinski definition) is 2. The third kappa shape index (κ3) is 1.44. The number of oxazole rings is 1. The summed E-state index contributed by atoms with van der Waals surface area (Å²) in [6.45, 7) is 0.921. The maximum Gasteiger partial charge on any atom is 0.305 e. The van der Waals surface area contributed by atoms with E-state index in [1.165, 1.54) is 0 Å². The molecular formula is C10H13N3O2. The van der Waals surface area contributed by atoms with Crippen molar-refractivity contribution in [3.05, 3.63) is 24.4 Å². The molecule has 5 heteroatoms. The van der Waals surface area contributed by atoms with Crippen LogP contribution in [0.1, 0.15) is 24.6 Å². The zero-order valence-electron chi connectivity index (χ0n) is 8.26. The highest BCUT2D eigenvalue weighted by Crippen LogP contribution is 2.24. The van der Waals surface area contributed by atoms with Crippen molar-refractivity contribution >= 4 is 5.84 Å². The van der Waals surface area contributed by atoms with Crippen molar-refractivity contribution < 1.29 is 9.52 Å². The van der Waals surface area contributed by atoms with Crippen LogP contribution >= 0.6 is 0 Å². The number of piperidine rings is 1. The second-order valence-electron chi connectivity index (χ2n) is 3.89. The molecule has 15 heavy (non-hydrogen) atoms. The maximum absolute atomic E-state index is 9.83. The van der Waals surface area contributed by atoms with Crippen LogP contribution in [0.4, 0.5) is 0 Å². The molecule has 3 heterocycles. The van der Waals surface area contributed by atoms with Crippen LogP contribution in [-0.2, 0) is 0 Å². The van der Waals surface area contributed by atoms with Gasteiger partial charge in [-0.25, -0.2) is 4.98 Å². The summed E-state index contributed by atoms with van der Waals surface area (Å²) in [4.78, 5) is 4.05. The van der Waals surface area contributed by atoms with Gasteiger partial charge in [0.15, 0.2) is 0 Å². The summed E-state index contributed by atoms with van der Waals surface area (Å²) < 4.78 is 7.37. The van der Waals surface area contributed by atoms with E-state index in [0.29, 0.717) is 5.84 Å². The van der Waals surface area contributed by atoms with Gasteiger partial charge in [-0.3, -0.25) is 4.40 Å². The van der Waals surface area contributed by atoms with E-state index in [1.54, 1.807) is 6.20 Å². The Hall–Kier alpha value is -1.33. The van der Waals surface area contributed by atoms with Crippen LogP contribution in [-0.4, -0.2) is 27.1 Å². The fourth-order valence-electron chi connectivity index (χ4n) is 2.05. The Kier molecular flexibility index (Phi) is 2.00. The third-order valence-corrected chi connectivity index (χ3v) is 2.84. The van der Waals surface area contributed by atoms with E-state index >= 15 is 0 Å². The van der Waals surface area contributed by atoms with Gasteiger partial charge < -0.3 is 14.8 Å². The van der Waals surface area contributed by atoms with Crippen molar-refractivity contribution in [1.29, 1.82) is 0 Å². The summed E-state index contributed by atoms with van der Waals surface area (Å²) in [6, 6.07) is -0.0968. The normalized spacial score (nSPS) is 27.3. The Labute approximate surface area is 86.7 Å². The highest BCUT2D eigenvalue weighted by molar-refractivity contribution is 5.25. The number of nitrogens with zero attached hydrogens (tertiary/aromatic N) is 2. The number of aromatic nitrogens is 2. The molecule has 3 rings (SSSR count). The molecule has 0 amide bonds. The molecule has 2 aromatic heterocycles. The lowest BCUT2D eigenvalue weighted by Gasteiger charge is -2.26. The summed E-state index contributed by atoms with van der Waals surface area (Å²) in [6.07, 6.45) is 6.85. The Bertz CT molecular complexity index is 433. The molecule has 2 N–H and O–H groups in total. The van der Waals surface area contributed by atoms with E-state index in [9.17, 15) is 5.11 Å². The van der Waals surface area contributed by atoms with Gasteiger partial charge in [0, 0.05) is 12.4 Å². The first-order valence-corrected chi connectivity index (χ1v) is 5.18. The zero-order chi connectivity index (χ0) is 10.3. The van der Waals surface area contributed by atoms with Crippen LogP contribution < -0.4 is 5.32 Å². The predicted octanol–water partition coefficient (Wildman–Crippen LogP) is 0.713. The average molecular weight is 207 g/mol. The Morgan fingerprint density at radius 3 is 3.33 bits per heavy atom. The standard InChI is InChI=1S/C10H13N3O2/c14-7-2-1-3-11-9(7)8-6-13-5-4-12-10(13)15-8/h4-7,9,11,14H,1-3H2. The van der Waals surface area contributed by atoms with E-state index < -0.39 is 0 Å². The molecule has 1 aliphatic heterocycles. The third-order valence-electron chi connectivity index (χ3n) is 2.84. The minimum atomic E-state index is -0.366. The number of aliphatic hydroxyl groups is 1. The van der Waals surface area contributed by atoms with Gasteiger partial charge in [0.25, 0.3) is 0 Å². The van der Waals surface area contributed by atoms with Gasteiger partial charge in [-0.05, 0) is 19.4 Å². The number of fused-ring (bicyclic) bond motifs is 1. The fourth-order valence-corrected chi connectivity index (χ4v) is 2.05. The maximum atomic E-state index is 9.83. The Morgan fingerprint density at radius 1 is 1.60 bits per heavy atom. The van der Waals surface area contributed by atoms with Crippen LogP contribution in [0.3, 0.4) is 0 Å². The topological polar surface area (TPSA) is 62.7 Å². The van der Waals surface area contributed by atoms with Gasteiger partial charge >= 0.3 is 5.84 Å². The Balaban J connectivity index is 1.95. The van der Waals surface area contributed by atoms with Crippen molar-refractivity contribution in [2.45, 2.75) is 25.0 Å². The van der Waals surface area contributed by atoms with E-state index in [2.05, 4.69) is 10.3 Å². The largest absolute Gasteiger partial charge is 0.426 e. The highest BCUT2D eigenvalue weighted by atomic mass is 16.4. The predicted molar refractivity (Wildman–Crippen MR) is 53.4 cm³/mol. The minimum Gasteiger partial charge on any atom is -0.426 e. The molecule has 0 saturated carbocycles. The number of aliphatic hydroxyl groups excluding tert-OH is 1. The molecule has 0 bridgehead atoms. The fraction of sp³-hybridized carbons (Fsp3) is 0.500. The second kappa shape index (κ2) is 3.36. The molecule has 5 nitrogen and oxygen atoms in total. The van der Waals surface area contributed by atoms with E-state index in [0.717, 1.165) is 25.1 Å². The summed E-state index contributed by atoms with van der Waals surface area (Å²) in [7, 11) is 0. The lowest BCUT2D eigenvalue weighted by atomic mass is 10.00. The smallest absolute Gasteiger partial charge is 0.305 e. The molecule has 80 valence electrons. The van der Waals surface area contributed by atoms with Gasteiger partial charge in [-0.15, -0.1) is 0 Å². The number of nitrogens with one attached hydrogen (secondary N) is 1. The van der Waals surface area contributed by atoms with Crippen molar-refractivity contribution in [3.8, 4) is 0 Å². The van der Waals surface area contributed by atoms with Crippen LogP contribution in [0.2, 0.25) is 0 Å². The Morgan fingerprint density at radius 2 is 2.53 bits per heavy atom. The minimum absolute atomic E-state index is 0.0968. The first-order chi connectivity index (χ1) is 7.34. The second-order valence-corrected chi connectivity index (χ2v) is 3.89. The monoisotopic (exact) mass is 207 g/mol. The number of hydrogen-bond acceptors (Lipinski definition) is 4. The molecule has 1 fully saturated rings. The van der Waals surface area contributed by atoms with Gasteiger partial charge in [0.2, 0.25) is 0 Å². The van der Waals surface area contributed by atoms with Crippen LogP contribution in [0.15, 0.2) is 23.0 Å². The summed E-state index contributed by atoms with van der Waals surface area (Å²) in [5.41, 5.74) is 0. The molecule has 0 aliphatic carbocycles. The van der Waals surface area contributed by atoms with E-state index in [1.807, 2.05) is 16.8 Å². The van der Waals surface area contributed by atoms with Gasteiger partial charge in [0.1, 0.15) is 5.76 Å². The first-order valence-electron chi connectivity index (χ1n) is 5.18. The zero-order valence-corrected chi connectivity index (χ0v) is 8.26. The van der Waals surface area contributed by atoms with Crippen LogP contribution in [0.25, 0.3) is 5.84 Å². The number of rotatable bonds is 1. The lowest BCUT2D eigenvalue weighted by molar-refractivity contribution is 0.0872. The summed E-state index contributed by atoms with van der Waals surface area (Å²) in [5, 5.41) is 13.1. The molecule has 0 spiro atoms. The highest BCUT2D eigenvalue weighted by Gasteiger charge is 2.27. The molecule has 0 aromatic carbocycles. The van der Waals surface area contributed by atoms with E-state index in [4.69, 9.17) is 4.42 Å². The van der Waals surface area contributed by atoms with Crippen LogP contribution in [0, 0.1) is 0 Å².